The van der Waals surface area contributed by atoms with Crippen LogP contribution in [-0.4, -0.2) is 0 Å². The molecular formula is C33H26. The Morgan fingerprint density at radius 1 is 0.364 bits per heavy atom. The molecule has 0 amide bonds. The van der Waals surface area contributed by atoms with Gasteiger partial charge in [0, 0.05) is 5.41 Å². The number of hydrogen-bond acceptors (Lipinski definition) is 0. The maximum atomic E-state index is 2.42. The zero-order valence-corrected chi connectivity index (χ0v) is 19.0. The lowest BCUT2D eigenvalue weighted by atomic mass is 9.81. The van der Waals surface area contributed by atoms with Crippen LogP contribution in [0.4, 0.5) is 0 Å². The van der Waals surface area contributed by atoms with Crippen molar-refractivity contribution < 1.29 is 0 Å². The van der Waals surface area contributed by atoms with Crippen LogP contribution in [0.15, 0.2) is 121 Å². The molecule has 0 saturated heterocycles. The molecule has 0 aromatic heterocycles. The van der Waals surface area contributed by atoms with Crippen LogP contribution in [0.5, 0.6) is 0 Å². The number of benzene rings is 5. The Balaban J connectivity index is 1.54. The summed E-state index contributed by atoms with van der Waals surface area (Å²) in [5, 5.41) is 0. The minimum Gasteiger partial charge on any atom is -0.0622 e. The summed E-state index contributed by atoms with van der Waals surface area (Å²) in [5.41, 5.74) is 13.1. The lowest BCUT2D eigenvalue weighted by Crippen LogP contribution is -2.14. The van der Waals surface area contributed by atoms with Gasteiger partial charge >= 0.3 is 0 Å². The molecular weight excluding hydrogens is 396 g/mol. The Kier molecular flexibility index (Phi) is 4.55. The van der Waals surface area contributed by atoms with Crippen LogP contribution in [-0.2, 0) is 5.41 Å². The minimum atomic E-state index is -0.00116. The first-order chi connectivity index (χ1) is 16.1. The van der Waals surface area contributed by atoms with Crippen molar-refractivity contribution in [3.05, 3.63) is 132 Å². The first-order valence-corrected chi connectivity index (χ1v) is 11.6. The highest BCUT2D eigenvalue weighted by Gasteiger charge is 2.35. The van der Waals surface area contributed by atoms with Crippen LogP contribution in [0.1, 0.15) is 25.0 Å². The van der Waals surface area contributed by atoms with E-state index in [2.05, 4.69) is 135 Å². The summed E-state index contributed by atoms with van der Waals surface area (Å²) >= 11 is 0. The van der Waals surface area contributed by atoms with E-state index in [0.29, 0.717) is 0 Å². The second-order valence-corrected chi connectivity index (χ2v) is 9.42. The molecule has 0 saturated carbocycles. The van der Waals surface area contributed by atoms with Crippen LogP contribution in [0.3, 0.4) is 0 Å². The van der Waals surface area contributed by atoms with Crippen LogP contribution in [0.2, 0.25) is 0 Å². The van der Waals surface area contributed by atoms with E-state index < -0.39 is 0 Å². The van der Waals surface area contributed by atoms with Crippen LogP contribution in [0.25, 0.3) is 44.5 Å². The molecule has 1 aliphatic rings. The maximum Gasteiger partial charge on any atom is 0.0159 e. The van der Waals surface area contributed by atoms with E-state index in [1.807, 2.05) is 0 Å². The molecule has 33 heavy (non-hydrogen) atoms. The van der Waals surface area contributed by atoms with E-state index in [-0.39, 0.29) is 5.41 Å². The molecule has 0 fully saturated rings. The van der Waals surface area contributed by atoms with Gasteiger partial charge in [-0.3, -0.25) is 0 Å². The average Bonchev–Trinajstić information content (AvgIpc) is 3.11. The summed E-state index contributed by atoms with van der Waals surface area (Å²) in [4.78, 5) is 0. The topological polar surface area (TPSA) is 0 Å². The van der Waals surface area contributed by atoms with Crippen molar-refractivity contribution in [1.82, 2.24) is 0 Å². The molecule has 5 aromatic rings. The summed E-state index contributed by atoms with van der Waals surface area (Å²) in [6, 6.07) is 44.1. The van der Waals surface area contributed by atoms with Gasteiger partial charge in [0.1, 0.15) is 0 Å². The quantitative estimate of drug-likeness (QED) is 0.272. The van der Waals surface area contributed by atoms with Crippen molar-refractivity contribution >= 4 is 0 Å². The summed E-state index contributed by atoms with van der Waals surface area (Å²) in [6.45, 7) is 4.69. The van der Waals surface area contributed by atoms with Gasteiger partial charge in [0.2, 0.25) is 0 Å². The molecule has 6 rings (SSSR count). The molecule has 158 valence electrons. The normalized spacial score (nSPS) is 13.4. The van der Waals surface area contributed by atoms with Crippen molar-refractivity contribution in [3.63, 3.8) is 0 Å². The molecule has 0 unspecified atom stereocenters. The van der Waals surface area contributed by atoms with Crippen molar-refractivity contribution in [1.29, 1.82) is 0 Å². The summed E-state index contributed by atoms with van der Waals surface area (Å²) in [5.74, 6) is 0. The van der Waals surface area contributed by atoms with Crippen molar-refractivity contribution in [3.8, 4) is 44.5 Å². The average molecular weight is 423 g/mol. The van der Waals surface area contributed by atoms with E-state index >= 15 is 0 Å². The third kappa shape index (κ3) is 3.22. The van der Waals surface area contributed by atoms with Gasteiger partial charge in [-0.1, -0.05) is 123 Å². The van der Waals surface area contributed by atoms with Gasteiger partial charge < -0.3 is 0 Å². The van der Waals surface area contributed by atoms with Gasteiger partial charge in [-0.05, 0) is 67.8 Å². The minimum absolute atomic E-state index is 0.00116. The molecule has 0 spiro atoms. The fourth-order valence-electron chi connectivity index (χ4n) is 5.33. The van der Waals surface area contributed by atoms with Crippen molar-refractivity contribution in [2.24, 2.45) is 0 Å². The first-order valence-electron chi connectivity index (χ1n) is 11.6. The molecule has 0 bridgehead atoms. The largest absolute Gasteiger partial charge is 0.0622 e. The Morgan fingerprint density at radius 2 is 0.939 bits per heavy atom. The molecule has 0 atom stereocenters. The number of hydrogen-bond donors (Lipinski definition) is 0. The van der Waals surface area contributed by atoms with Gasteiger partial charge in [0.15, 0.2) is 0 Å². The van der Waals surface area contributed by atoms with E-state index in [1.165, 1.54) is 55.6 Å². The monoisotopic (exact) mass is 422 g/mol. The fraction of sp³-hybridized carbons (Fsp3) is 0.0909. The van der Waals surface area contributed by atoms with Crippen LogP contribution < -0.4 is 0 Å². The maximum absolute atomic E-state index is 2.42. The van der Waals surface area contributed by atoms with E-state index in [1.54, 1.807) is 0 Å². The molecule has 0 N–H and O–H groups in total. The van der Waals surface area contributed by atoms with E-state index in [4.69, 9.17) is 0 Å². The zero-order valence-electron chi connectivity index (χ0n) is 19.0. The molecule has 1 aliphatic carbocycles. The fourth-order valence-corrected chi connectivity index (χ4v) is 5.33. The molecule has 0 aliphatic heterocycles. The summed E-state index contributed by atoms with van der Waals surface area (Å²) < 4.78 is 0. The first kappa shape index (κ1) is 19.8. The zero-order chi connectivity index (χ0) is 22.4. The van der Waals surface area contributed by atoms with E-state index in [9.17, 15) is 0 Å². The summed E-state index contributed by atoms with van der Waals surface area (Å²) in [7, 11) is 0. The van der Waals surface area contributed by atoms with Gasteiger partial charge in [0.05, 0.1) is 0 Å². The van der Waals surface area contributed by atoms with Gasteiger partial charge in [-0.2, -0.15) is 0 Å². The third-order valence-electron chi connectivity index (χ3n) is 7.11. The standard InChI is InChI=1S/C33H26/c1-33(2)31-16-10-9-15-28(31)29-20-18-26(22-32(29)33)27-19-17-25(23-11-5-3-6-12-23)21-30(27)24-13-7-4-8-14-24/h3-22H,1-2H3. The highest BCUT2D eigenvalue weighted by Crippen LogP contribution is 2.50. The lowest BCUT2D eigenvalue weighted by molar-refractivity contribution is 0.660. The van der Waals surface area contributed by atoms with E-state index in [0.717, 1.165) is 0 Å². The molecule has 5 aromatic carbocycles. The molecule has 0 nitrogen and oxygen atoms in total. The smallest absolute Gasteiger partial charge is 0.0159 e. The Morgan fingerprint density at radius 3 is 1.70 bits per heavy atom. The second kappa shape index (κ2) is 7.60. The van der Waals surface area contributed by atoms with Gasteiger partial charge in [0.25, 0.3) is 0 Å². The highest BCUT2D eigenvalue weighted by atomic mass is 14.4. The number of rotatable bonds is 3. The second-order valence-electron chi connectivity index (χ2n) is 9.42. The SMILES string of the molecule is CC1(C)c2ccccc2-c2ccc(-c3ccc(-c4ccccc4)cc3-c3ccccc3)cc21. The Hall–Kier alpha value is -3.90. The van der Waals surface area contributed by atoms with Gasteiger partial charge in [-0.25, -0.2) is 0 Å². The molecule has 0 heteroatoms. The lowest BCUT2D eigenvalue weighted by Gasteiger charge is -2.22. The summed E-state index contributed by atoms with van der Waals surface area (Å²) in [6.07, 6.45) is 0. The van der Waals surface area contributed by atoms with Crippen LogP contribution >= 0.6 is 0 Å². The van der Waals surface area contributed by atoms with Crippen LogP contribution in [0, 0.1) is 0 Å². The Labute approximate surface area is 196 Å². The highest BCUT2D eigenvalue weighted by molar-refractivity contribution is 5.90. The van der Waals surface area contributed by atoms with Crippen molar-refractivity contribution in [2.45, 2.75) is 19.3 Å². The van der Waals surface area contributed by atoms with Crippen molar-refractivity contribution in [2.75, 3.05) is 0 Å². The molecule has 0 radical (unpaired) electrons. The number of fused-ring (bicyclic) bond motifs is 3. The predicted molar refractivity (Wildman–Crippen MR) is 140 cm³/mol. The van der Waals surface area contributed by atoms with Gasteiger partial charge in [-0.15, -0.1) is 0 Å². The predicted octanol–water partition coefficient (Wildman–Crippen LogP) is 8.99. The third-order valence-corrected chi connectivity index (χ3v) is 7.11. The Bertz CT molecular complexity index is 1460. The molecule has 0 heterocycles.